The number of nitrogens with one attached hydrogen (secondary N) is 1. The lowest BCUT2D eigenvalue weighted by Gasteiger charge is -2.09. The van der Waals surface area contributed by atoms with E-state index in [4.69, 9.17) is 0 Å². The van der Waals surface area contributed by atoms with E-state index in [1.165, 1.54) is 6.92 Å². The van der Waals surface area contributed by atoms with Crippen molar-refractivity contribution in [2.45, 2.75) is 13.8 Å². The third kappa shape index (κ3) is 5.62. The SMILES string of the molecule is CCOC(=O)C(C=Nc1nc(NC(C)=O)c(F)cc1F)=C(O)c1cc(F)c(F)cc1F. The maximum absolute atomic E-state index is 14.0. The second kappa shape index (κ2) is 9.78. The Labute approximate surface area is 171 Å². The van der Waals surface area contributed by atoms with Crippen LogP contribution >= 0.6 is 0 Å². The zero-order valence-electron chi connectivity index (χ0n) is 16.0. The van der Waals surface area contributed by atoms with Gasteiger partial charge in [0.2, 0.25) is 5.91 Å². The largest absolute Gasteiger partial charge is 0.506 e. The number of anilines is 1. The fourth-order valence-corrected chi connectivity index (χ4v) is 2.20. The van der Waals surface area contributed by atoms with Crippen LogP contribution in [0.3, 0.4) is 0 Å². The second-order valence-corrected chi connectivity index (χ2v) is 5.79. The molecular weight excluding hydrogens is 429 g/mol. The summed E-state index contributed by atoms with van der Waals surface area (Å²) in [7, 11) is 0. The number of carbonyl (C=O) groups is 2. The molecule has 0 fully saturated rings. The number of benzene rings is 1. The number of halogens is 5. The lowest BCUT2D eigenvalue weighted by atomic mass is 10.1. The molecule has 1 aromatic heterocycles. The van der Waals surface area contributed by atoms with E-state index in [0.717, 1.165) is 6.92 Å². The number of esters is 1. The lowest BCUT2D eigenvalue weighted by Crippen LogP contribution is -2.12. The number of aliphatic imine (C=N–C) groups is 1. The molecule has 0 aliphatic rings. The number of pyridine rings is 1. The number of carbonyl (C=O) groups excluding carboxylic acids is 2. The maximum atomic E-state index is 14.0. The van der Waals surface area contributed by atoms with E-state index in [2.05, 4.69) is 14.7 Å². The van der Waals surface area contributed by atoms with Crippen molar-refractivity contribution in [3.63, 3.8) is 0 Å². The molecule has 164 valence electrons. The zero-order chi connectivity index (χ0) is 23.3. The molecule has 0 unspecified atom stereocenters. The highest BCUT2D eigenvalue weighted by Gasteiger charge is 2.21. The molecule has 1 heterocycles. The molecule has 0 saturated carbocycles. The van der Waals surface area contributed by atoms with Gasteiger partial charge in [0.05, 0.1) is 12.2 Å². The van der Waals surface area contributed by atoms with E-state index in [1.54, 1.807) is 0 Å². The summed E-state index contributed by atoms with van der Waals surface area (Å²) in [5, 5.41) is 12.3. The zero-order valence-corrected chi connectivity index (χ0v) is 16.0. The number of nitrogens with zero attached hydrogens (tertiary/aromatic N) is 2. The van der Waals surface area contributed by atoms with Crippen LogP contribution in [0.15, 0.2) is 28.8 Å². The minimum absolute atomic E-state index is 0.141. The molecule has 0 saturated heterocycles. The third-order valence-corrected chi connectivity index (χ3v) is 3.54. The van der Waals surface area contributed by atoms with Gasteiger partial charge in [-0.1, -0.05) is 0 Å². The predicted octanol–water partition coefficient (Wildman–Crippen LogP) is 3.97. The van der Waals surface area contributed by atoms with E-state index in [9.17, 15) is 36.6 Å². The summed E-state index contributed by atoms with van der Waals surface area (Å²) in [6.07, 6.45) is 0.509. The molecular formula is C19H14F5N3O4. The van der Waals surface area contributed by atoms with E-state index >= 15 is 0 Å². The Hall–Kier alpha value is -3.83. The number of rotatable bonds is 6. The first kappa shape index (κ1) is 23.4. The van der Waals surface area contributed by atoms with Crippen LogP contribution in [0.25, 0.3) is 5.76 Å². The van der Waals surface area contributed by atoms with Crippen molar-refractivity contribution >= 4 is 35.5 Å². The summed E-state index contributed by atoms with van der Waals surface area (Å²) in [4.78, 5) is 30.2. The number of aromatic nitrogens is 1. The van der Waals surface area contributed by atoms with Crippen molar-refractivity contribution in [1.82, 2.24) is 4.98 Å². The smallest absolute Gasteiger partial charge is 0.343 e. The van der Waals surface area contributed by atoms with Gasteiger partial charge in [-0.15, -0.1) is 0 Å². The molecule has 0 aliphatic heterocycles. The number of aliphatic hydroxyl groups excluding tert-OH is 1. The Bertz CT molecular complexity index is 1100. The Kier molecular flexibility index (Phi) is 7.40. The Morgan fingerprint density at radius 1 is 1.06 bits per heavy atom. The molecule has 0 radical (unpaired) electrons. The van der Waals surface area contributed by atoms with Crippen molar-refractivity contribution in [1.29, 1.82) is 0 Å². The predicted molar refractivity (Wildman–Crippen MR) is 99.1 cm³/mol. The van der Waals surface area contributed by atoms with Crippen LogP contribution in [-0.4, -0.2) is 34.8 Å². The highest BCUT2D eigenvalue weighted by molar-refractivity contribution is 6.15. The molecule has 1 aromatic carbocycles. The molecule has 2 rings (SSSR count). The maximum Gasteiger partial charge on any atom is 0.343 e. The topological polar surface area (TPSA) is 101 Å². The van der Waals surface area contributed by atoms with Crippen molar-refractivity contribution in [3.05, 3.63) is 58.4 Å². The Morgan fingerprint density at radius 3 is 2.29 bits per heavy atom. The monoisotopic (exact) mass is 443 g/mol. The minimum Gasteiger partial charge on any atom is -0.506 e. The van der Waals surface area contributed by atoms with Gasteiger partial charge in [-0.2, -0.15) is 0 Å². The van der Waals surface area contributed by atoms with Gasteiger partial charge in [-0.3, -0.25) is 4.79 Å². The average Bonchev–Trinajstić information content (AvgIpc) is 2.67. The molecule has 2 aromatic rings. The number of hydrogen-bond donors (Lipinski definition) is 2. The number of amides is 1. The Morgan fingerprint density at radius 2 is 1.68 bits per heavy atom. The van der Waals surface area contributed by atoms with Gasteiger partial charge < -0.3 is 15.2 Å². The summed E-state index contributed by atoms with van der Waals surface area (Å²) in [5.74, 6) is -11.6. The van der Waals surface area contributed by atoms with Gasteiger partial charge >= 0.3 is 5.97 Å². The number of aliphatic hydroxyl groups is 1. The molecule has 7 nitrogen and oxygen atoms in total. The van der Waals surface area contributed by atoms with Crippen molar-refractivity contribution in [2.24, 2.45) is 4.99 Å². The van der Waals surface area contributed by atoms with Gasteiger partial charge in [0.1, 0.15) is 17.1 Å². The van der Waals surface area contributed by atoms with Gasteiger partial charge in [0.15, 0.2) is 34.9 Å². The van der Waals surface area contributed by atoms with Crippen molar-refractivity contribution in [3.8, 4) is 0 Å². The average molecular weight is 443 g/mol. The molecule has 0 bridgehead atoms. The van der Waals surface area contributed by atoms with Crippen LogP contribution < -0.4 is 5.32 Å². The molecule has 0 aliphatic carbocycles. The van der Waals surface area contributed by atoms with Crippen LogP contribution in [0, 0.1) is 29.1 Å². The summed E-state index contributed by atoms with van der Waals surface area (Å²) in [5.41, 5.74) is -1.77. The highest BCUT2D eigenvalue weighted by Crippen LogP contribution is 2.25. The van der Waals surface area contributed by atoms with E-state index in [-0.39, 0.29) is 12.7 Å². The Balaban J connectivity index is 2.60. The first-order valence-electron chi connectivity index (χ1n) is 8.48. The minimum atomic E-state index is -1.54. The van der Waals surface area contributed by atoms with E-state index < -0.39 is 69.5 Å². The van der Waals surface area contributed by atoms with Crippen molar-refractivity contribution in [2.75, 3.05) is 11.9 Å². The molecule has 0 atom stereocenters. The van der Waals surface area contributed by atoms with Gasteiger partial charge in [-0.05, 0) is 13.0 Å². The molecule has 0 spiro atoms. The molecule has 31 heavy (non-hydrogen) atoms. The standard InChI is InChI=1S/C19H14F5N3O4/c1-3-31-19(30)10(16(29)9-4-12(21)13(22)5-11(9)20)7-25-17-14(23)6-15(24)18(27-17)26-8(2)28/h4-7,29H,3H2,1-2H3,(H,26,27,28). The van der Waals surface area contributed by atoms with Crippen LogP contribution in [0.2, 0.25) is 0 Å². The first-order valence-corrected chi connectivity index (χ1v) is 8.48. The van der Waals surface area contributed by atoms with Crippen molar-refractivity contribution < 1.29 is 41.4 Å². The normalized spacial score (nSPS) is 12.0. The fourth-order valence-electron chi connectivity index (χ4n) is 2.20. The summed E-state index contributed by atoms with van der Waals surface area (Å²) < 4.78 is 72.9. The van der Waals surface area contributed by atoms with Gasteiger partial charge in [-0.25, -0.2) is 36.7 Å². The second-order valence-electron chi connectivity index (χ2n) is 5.79. The van der Waals surface area contributed by atoms with Crippen LogP contribution in [0.5, 0.6) is 0 Å². The van der Waals surface area contributed by atoms with E-state index in [0.29, 0.717) is 18.3 Å². The first-order chi connectivity index (χ1) is 14.5. The number of hydrogen-bond acceptors (Lipinski definition) is 6. The third-order valence-electron chi connectivity index (χ3n) is 3.54. The van der Waals surface area contributed by atoms with Crippen LogP contribution in [-0.2, 0) is 14.3 Å². The lowest BCUT2D eigenvalue weighted by molar-refractivity contribution is -0.137. The molecule has 1 amide bonds. The van der Waals surface area contributed by atoms with Crippen LogP contribution in [0.4, 0.5) is 33.6 Å². The summed E-state index contributed by atoms with van der Waals surface area (Å²) in [6.45, 7) is 2.26. The fraction of sp³-hybridized carbons (Fsp3) is 0.158. The highest BCUT2D eigenvalue weighted by atomic mass is 19.2. The quantitative estimate of drug-likeness (QED) is 0.176. The van der Waals surface area contributed by atoms with E-state index in [1.807, 2.05) is 5.32 Å². The van der Waals surface area contributed by atoms with Gasteiger partial charge in [0.25, 0.3) is 0 Å². The molecule has 12 heteroatoms. The number of ether oxygens (including phenoxy) is 1. The van der Waals surface area contributed by atoms with Crippen LogP contribution in [0.1, 0.15) is 19.4 Å². The summed E-state index contributed by atoms with van der Waals surface area (Å²) >= 11 is 0. The van der Waals surface area contributed by atoms with Gasteiger partial charge in [0, 0.05) is 25.3 Å². The molecule has 2 N–H and O–H groups in total. The summed E-state index contributed by atoms with van der Waals surface area (Å²) in [6, 6.07) is 0.786.